The highest BCUT2D eigenvalue weighted by Gasteiger charge is 2.32. The number of aromatic amines is 1. The van der Waals surface area contributed by atoms with E-state index in [0.717, 1.165) is 5.56 Å². The molecule has 39 heavy (non-hydrogen) atoms. The van der Waals surface area contributed by atoms with Crippen molar-refractivity contribution < 1.29 is 23.9 Å². The van der Waals surface area contributed by atoms with E-state index in [9.17, 15) is 19.2 Å². The van der Waals surface area contributed by atoms with Crippen LogP contribution in [0.3, 0.4) is 0 Å². The third-order valence-electron chi connectivity index (χ3n) is 6.17. The van der Waals surface area contributed by atoms with Crippen molar-refractivity contribution in [3.63, 3.8) is 0 Å². The van der Waals surface area contributed by atoms with Gasteiger partial charge in [0.05, 0.1) is 19.9 Å². The number of hydrogen-bond donors (Lipinski definition) is 2. The Labute approximate surface area is 225 Å². The number of amides is 1. The molecule has 3 aromatic rings. The maximum Gasteiger partial charge on any atom is 0.302 e. The van der Waals surface area contributed by atoms with Crippen LogP contribution in [0.1, 0.15) is 36.2 Å². The molecule has 11 heteroatoms. The quantitative estimate of drug-likeness (QED) is 0.357. The van der Waals surface area contributed by atoms with Gasteiger partial charge in [-0.05, 0) is 24.1 Å². The fraction of sp³-hybridized carbons (Fsp3) is 0.321. The molecule has 204 valence electrons. The summed E-state index contributed by atoms with van der Waals surface area (Å²) in [5.74, 6) is -1.02. The molecule has 1 aliphatic heterocycles. The van der Waals surface area contributed by atoms with Crippen LogP contribution in [-0.4, -0.2) is 54.2 Å². The molecule has 4 rings (SSSR count). The topological polar surface area (TPSA) is 134 Å². The minimum atomic E-state index is -0.421. The molecular weight excluding hydrogens is 502 g/mol. The predicted molar refractivity (Wildman–Crippen MR) is 145 cm³/mol. The Morgan fingerprint density at radius 2 is 1.56 bits per heavy atom. The average Bonchev–Trinajstić information content (AvgIpc) is 3.26. The largest absolute Gasteiger partial charge is 0.465 e. The number of carbonyl (C=O) groups is 3. The van der Waals surface area contributed by atoms with Crippen LogP contribution < -0.4 is 20.7 Å². The third kappa shape index (κ3) is 7.44. The van der Waals surface area contributed by atoms with Crippen LogP contribution >= 0.6 is 0 Å². The molecule has 0 radical (unpaired) electrons. The first-order valence-corrected chi connectivity index (χ1v) is 12.6. The standard InChI is InChI=1S/C28H31N5O6/c1-19(34)38-16-22(17-39-20(2)35)13-14-32-18-33(15-21-9-5-3-6-10-21)24-25(32)29-28(31-27(24)37)30-26(36)23-11-7-4-8-12-23/h3-12,22H,13-18H2,1-2H3,(H2,29,30,31,36,37). The molecule has 0 atom stereocenters. The summed E-state index contributed by atoms with van der Waals surface area (Å²) in [4.78, 5) is 59.8. The smallest absolute Gasteiger partial charge is 0.302 e. The number of carbonyl (C=O) groups excluding carboxylic acids is 3. The van der Waals surface area contributed by atoms with Gasteiger partial charge in [-0.3, -0.25) is 29.5 Å². The van der Waals surface area contributed by atoms with Crippen molar-refractivity contribution >= 4 is 35.3 Å². The number of benzene rings is 2. The maximum atomic E-state index is 13.3. The zero-order valence-corrected chi connectivity index (χ0v) is 21.9. The first kappa shape index (κ1) is 27.4. The van der Waals surface area contributed by atoms with Crippen LogP contribution in [0.2, 0.25) is 0 Å². The Morgan fingerprint density at radius 1 is 0.949 bits per heavy atom. The number of esters is 2. The Bertz CT molecular complexity index is 1340. The predicted octanol–water partition coefficient (Wildman–Crippen LogP) is 2.94. The van der Waals surface area contributed by atoms with Crippen LogP contribution in [0.15, 0.2) is 65.5 Å². The zero-order chi connectivity index (χ0) is 27.8. The van der Waals surface area contributed by atoms with E-state index in [1.54, 1.807) is 24.3 Å². The molecule has 1 amide bonds. The van der Waals surface area contributed by atoms with Gasteiger partial charge in [-0.1, -0.05) is 48.5 Å². The highest BCUT2D eigenvalue weighted by Crippen LogP contribution is 2.33. The summed E-state index contributed by atoms with van der Waals surface area (Å²) in [6.45, 7) is 4.13. The summed E-state index contributed by atoms with van der Waals surface area (Å²) >= 11 is 0. The second-order valence-corrected chi connectivity index (χ2v) is 9.26. The van der Waals surface area contributed by atoms with Gasteiger partial charge >= 0.3 is 11.9 Å². The molecule has 2 N–H and O–H groups in total. The summed E-state index contributed by atoms with van der Waals surface area (Å²) in [6, 6.07) is 18.4. The number of nitrogens with one attached hydrogen (secondary N) is 2. The van der Waals surface area contributed by atoms with Crippen LogP contribution in [0.25, 0.3) is 0 Å². The molecule has 0 spiro atoms. The lowest BCUT2D eigenvalue weighted by atomic mass is 10.1. The van der Waals surface area contributed by atoms with Gasteiger partial charge in [-0.15, -0.1) is 0 Å². The van der Waals surface area contributed by atoms with E-state index in [1.807, 2.05) is 46.2 Å². The van der Waals surface area contributed by atoms with Gasteiger partial charge in [0.1, 0.15) is 5.69 Å². The zero-order valence-electron chi connectivity index (χ0n) is 21.9. The van der Waals surface area contributed by atoms with Gasteiger partial charge in [0.2, 0.25) is 5.95 Å². The van der Waals surface area contributed by atoms with Crippen molar-refractivity contribution in [2.24, 2.45) is 5.92 Å². The molecule has 1 aliphatic rings. The minimum absolute atomic E-state index is 0.0375. The molecule has 0 bridgehead atoms. The number of nitrogens with zero attached hydrogens (tertiary/aromatic N) is 3. The van der Waals surface area contributed by atoms with Crippen molar-refractivity contribution in [1.82, 2.24) is 9.97 Å². The highest BCUT2D eigenvalue weighted by molar-refractivity contribution is 6.03. The Balaban J connectivity index is 1.58. The van der Waals surface area contributed by atoms with E-state index in [2.05, 4.69) is 15.3 Å². The van der Waals surface area contributed by atoms with E-state index < -0.39 is 17.8 Å². The number of rotatable bonds is 11. The van der Waals surface area contributed by atoms with Crippen LogP contribution in [-0.2, 0) is 25.6 Å². The lowest BCUT2D eigenvalue weighted by Crippen LogP contribution is -2.34. The number of anilines is 3. The van der Waals surface area contributed by atoms with Gasteiger partial charge < -0.3 is 19.3 Å². The third-order valence-corrected chi connectivity index (χ3v) is 6.17. The Hall–Kier alpha value is -4.67. The van der Waals surface area contributed by atoms with E-state index in [4.69, 9.17) is 9.47 Å². The van der Waals surface area contributed by atoms with Gasteiger partial charge in [0.15, 0.2) is 5.82 Å². The van der Waals surface area contributed by atoms with E-state index in [1.165, 1.54) is 13.8 Å². The van der Waals surface area contributed by atoms with E-state index >= 15 is 0 Å². The number of aromatic nitrogens is 2. The van der Waals surface area contributed by atoms with Crippen molar-refractivity contribution in [2.45, 2.75) is 26.8 Å². The number of ether oxygens (including phenoxy) is 2. The summed E-state index contributed by atoms with van der Waals surface area (Å²) in [6.07, 6.45) is 0.499. The minimum Gasteiger partial charge on any atom is -0.465 e. The van der Waals surface area contributed by atoms with Gasteiger partial charge in [-0.2, -0.15) is 4.98 Å². The summed E-state index contributed by atoms with van der Waals surface area (Å²) in [7, 11) is 0. The fourth-order valence-corrected chi connectivity index (χ4v) is 4.27. The first-order chi connectivity index (χ1) is 18.8. The summed E-state index contributed by atoms with van der Waals surface area (Å²) in [5, 5.41) is 2.68. The normalized spacial score (nSPS) is 12.3. The summed E-state index contributed by atoms with van der Waals surface area (Å²) < 4.78 is 10.3. The fourth-order valence-electron chi connectivity index (χ4n) is 4.27. The maximum absolute atomic E-state index is 13.3. The second kappa shape index (κ2) is 12.7. The van der Waals surface area contributed by atoms with Crippen molar-refractivity contribution in [3.05, 3.63) is 82.1 Å². The molecule has 2 heterocycles. The molecule has 0 unspecified atom stereocenters. The molecule has 11 nitrogen and oxygen atoms in total. The van der Waals surface area contributed by atoms with Crippen molar-refractivity contribution in [1.29, 1.82) is 0 Å². The van der Waals surface area contributed by atoms with Gasteiger partial charge in [-0.25, -0.2) is 0 Å². The number of hydrogen-bond acceptors (Lipinski definition) is 9. The first-order valence-electron chi connectivity index (χ1n) is 12.6. The van der Waals surface area contributed by atoms with Crippen LogP contribution in [0, 0.1) is 5.92 Å². The highest BCUT2D eigenvalue weighted by atomic mass is 16.5. The van der Waals surface area contributed by atoms with Crippen LogP contribution in [0.5, 0.6) is 0 Å². The number of fused-ring (bicyclic) bond motifs is 1. The summed E-state index contributed by atoms with van der Waals surface area (Å²) in [5.41, 5.74) is 1.47. The lowest BCUT2D eigenvalue weighted by Gasteiger charge is -2.23. The SMILES string of the molecule is CC(=O)OCC(CCN1CN(Cc2ccccc2)c2c1nc(NC(=O)c1ccccc1)[nH]c2=O)COC(C)=O. The van der Waals surface area contributed by atoms with Crippen LogP contribution in [0.4, 0.5) is 17.5 Å². The second-order valence-electron chi connectivity index (χ2n) is 9.26. The lowest BCUT2D eigenvalue weighted by molar-refractivity contribution is -0.146. The molecule has 0 saturated heterocycles. The molecule has 0 fully saturated rings. The Kier molecular flexibility index (Phi) is 8.93. The molecule has 0 saturated carbocycles. The molecule has 2 aromatic carbocycles. The number of H-pyrrole nitrogens is 1. The molecular formula is C28H31N5O6. The van der Waals surface area contributed by atoms with Crippen molar-refractivity contribution in [2.75, 3.05) is 41.5 Å². The van der Waals surface area contributed by atoms with Crippen molar-refractivity contribution in [3.8, 4) is 0 Å². The Morgan fingerprint density at radius 3 is 2.18 bits per heavy atom. The average molecular weight is 534 g/mol. The monoisotopic (exact) mass is 533 g/mol. The van der Waals surface area contributed by atoms with Gasteiger partial charge in [0, 0.05) is 38.4 Å². The molecule has 0 aliphatic carbocycles. The van der Waals surface area contributed by atoms with E-state index in [-0.39, 0.29) is 30.6 Å². The molecule has 1 aromatic heterocycles. The van der Waals surface area contributed by atoms with E-state index in [0.29, 0.717) is 43.2 Å². The van der Waals surface area contributed by atoms with Gasteiger partial charge in [0.25, 0.3) is 11.5 Å².